The van der Waals surface area contributed by atoms with E-state index in [2.05, 4.69) is 37.4 Å². The summed E-state index contributed by atoms with van der Waals surface area (Å²) >= 11 is 0. The number of carbonyl (C=O) groups excluding carboxylic acids is 1. The van der Waals surface area contributed by atoms with Crippen molar-refractivity contribution in [1.29, 1.82) is 0 Å². The number of ether oxygens (including phenoxy) is 3. The van der Waals surface area contributed by atoms with E-state index in [0.717, 1.165) is 18.4 Å². The third-order valence-corrected chi connectivity index (χ3v) is 8.85. The van der Waals surface area contributed by atoms with Crippen molar-refractivity contribution in [1.82, 2.24) is 5.32 Å². The quantitative estimate of drug-likeness (QED) is 0.581. The smallest absolute Gasteiger partial charge is 0.251 e. The van der Waals surface area contributed by atoms with Gasteiger partial charge in [-0.25, -0.2) is 0 Å². The first-order chi connectivity index (χ1) is 16.3. The van der Waals surface area contributed by atoms with Gasteiger partial charge in [-0.2, -0.15) is 0 Å². The number of hydrogen-bond donors (Lipinski definition) is 1. The van der Waals surface area contributed by atoms with Gasteiger partial charge >= 0.3 is 0 Å². The van der Waals surface area contributed by atoms with E-state index in [-0.39, 0.29) is 16.7 Å². The fourth-order valence-electron chi connectivity index (χ4n) is 7.65. The first kappa shape index (κ1) is 23.1. The minimum Gasteiger partial charge on any atom is -0.493 e. The van der Waals surface area contributed by atoms with Gasteiger partial charge in [-0.15, -0.1) is 0 Å². The molecule has 1 amide bonds. The Morgan fingerprint density at radius 1 is 0.912 bits per heavy atom. The number of hydrogen-bond acceptors (Lipinski definition) is 4. The number of carbonyl (C=O) groups is 1. The molecule has 182 valence electrons. The van der Waals surface area contributed by atoms with Gasteiger partial charge in [0.25, 0.3) is 5.91 Å². The minimum atomic E-state index is -0.0878. The lowest BCUT2D eigenvalue weighted by molar-refractivity contribution is -0.0697. The molecule has 6 rings (SSSR count). The second-order valence-electron chi connectivity index (χ2n) is 11.1. The summed E-state index contributed by atoms with van der Waals surface area (Å²) in [6.45, 7) is 5.15. The van der Waals surface area contributed by atoms with Crippen molar-refractivity contribution in [2.75, 3.05) is 27.9 Å². The minimum absolute atomic E-state index is 0.0878. The van der Waals surface area contributed by atoms with Crippen molar-refractivity contribution < 1.29 is 19.0 Å². The Morgan fingerprint density at radius 2 is 1.56 bits per heavy atom. The van der Waals surface area contributed by atoms with E-state index in [9.17, 15) is 4.79 Å². The summed E-state index contributed by atoms with van der Waals surface area (Å²) in [7, 11) is 4.71. The fourth-order valence-corrected chi connectivity index (χ4v) is 7.65. The Kier molecular flexibility index (Phi) is 5.78. The van der Waals surface area contributed by atoms with Crippen LogP contribution in [0.25, 0.3) is 0 Å². The zero-order chi connectivity index (χ0) is 24.1. The van der Waals surface area contributed by atoms with Crippen LogP contribution < -0.4 is 19.5 Å². The first-order valence-corrected chi connectivity index (χ1v) is 12.5. The molecule has 4 bridgehead atoms. The van der Waals surface area contributed by atoms with Gasteiger partial charge < -0.3 is 19.5 Å². The van der Waals surface area contributed by atoms with Gasteiger partial charge in [-0.1, -0.05) is 18.2 Å². The standard InChI is InChI=1S/C29H37NO4/c1-18-6-7-23(8-19(18)2)29-14-20-9-21(15-29)13-28(12-20,16-29)17-30-27(31)22-10-24(32-3)26(34-5)25(11-22)33-4/h6-8,10-11,20-21H,9,12-17H2,1-5H3,(H,30,31). The Bertz CT molecular complexity index is 1070. The molecule has 1 N–H and O–H groups in total. The molecule has 4 saturated carbocycles. The van der Waals surface area contributed by atoms with Gasteiger partial charge in [-0.3, -0.25) is 4.79 Å². The maximum Gasteiger partial charge on any atom is 0.251 e. The molecule has 5 heteroatoms. The number of benzene rings is 2. The predicted octanol–water partition coefficient (Wildman–Crippen LogP) is 5.60. The van der Waals surface area contributed by atoms with Crippen LogP contribution in [0.3, 0.4) is 0 Å². The highest BCUT2D eigenvalue weighted by Gasteiger charge is 2.58. The lowest BCUT2D eigenvalue weighted by Gasteiger charge is -2.62. The number of aryl methyl sites for hydroxylation is 2. The molecule has 4 fully saturated rings. The van der Waals surface area contributed by atoms with E-state index in [4.69, 9.17) is 14.2 Å². The summed E-state index contributed by atoms with van der Waals surface area (Å²) in [5, 5.41) is 3.29. The van der Waals surface area contributed by atoms with Crippen molar-refractivity contribution >= 4 is 5.91 Å². The SMILES string of the molecule is COc1cc(C(=O)NCC23CC4CC(C2)CC(c2ccc(C)c(C)c2)(C4)C3)cc(OC)c1OC. The summed E-state index contributed by atoms with van der Waals surface area (Å²) in [5.74, 6) is 2.93. The van der Waals surface area contributed by atoms with Crippen molar-refractivity contribution in [3.05, 3.63) is 52.6 Å². The molecule has 0 aromatic heterocycles. The summed E-state index contributed by atoms with van der Waals surface area (Å²) in [4.78, 5) is 13.2. The van der Waals surface area contributed by atoms with Crippen LogP contribution in [0.15, 0.2) is 30.3 Å². The van der Waals surface area contributed by atoms with Crippen LogP contribution in [0.1, 0.15) is 65.6 Å². The average molecular weight is 464 g/mol. The Morgan fingerprint density at radius 3 is 2.12 bits per heavy atom. The van der Waals surface area contributed by atoms with Crippen LogP contribution in [-0.4, -0.2) is 33.8 Å². The molecule has 0 saturated heterocycles. The number of nitrogens with one attached hydrogen (secondary N) is 1. The van der Waals surface area contributed by atoms with E-state index in [1.165, 1.54) is 55.2 Å². The molecular weight excluding hydrogens is 426 g/mol. The molecule has 2 atom stereocenters. The van der Waals surface area contributed by atoms with E-state index in [0.29, 0.717) is 22.8 Å². The van der Waals surface area contributed by atoms with E-state index >= 15 is 0 Å². The molecule has 0 spiro atoms. The molecule has 0 radical (unpaired) electrons. The van der Waals surface area contributed by atoms with E-state index < -0.39 is 0 Å². The molecule has 4 aliphatic carbocycles. The van der Waals surface area contributed by atoms with Crippen LogP contribution in [0.2, 0.25) is 0 Å². The zero-order valence-electron chi connectivity index (χ0n) is 21.1. The van der Waals surface area contributed by atoms with Crippen LogP contribution in [0, 0.1) is 31.1 Å². The van der Waals surface area contributed by atoms with Crippen molar-refractivity contribution in [3.63, 3.8) is 0 Å². The maximum atomic E-state index is 13.2. The normalized spacial score (nSPS) is 29.1. The zero-order valence-corrected chi connectivity index (χ0v) is 21.1. The monoisotopic (exact) mass is 463 g/mol. The summed E-state index contributed by atoms with van der Waals surface area (Å²) in [6.07, 6.45) is 7.58. The second-order valence-corrected chi connectivity index (χ2v) is 11.1. The molecule has 0 aliphatic heterocycles. The molecule has 2 aromatic carbocycles. The summed E-state index contributed by atoms with van der Waals surface area (Å²) in [5.41, 5.74) is 5.24. The third kappa shape index (κ3) is 3.83. The molecule has 2 aromatic rings. The van der Waals surface area contributed by atoms with Crippen molar-refractivity contribution in [2.45, 2.75) is 57.8 Å². The van der Waals surface area contributed by atoms with Gasteiger partial charge in [0, 0.05) is 12.1 Å². The van der Waals surface area contributed by atoms with E-state index in [1.807, 2.05) is 0 Å². The Hall–Kier alpha value is -2.69. The first-order valence-electron chi connectivity index (χ1n) is 12.5. The number of methoxy groups -OCH3 is 3. The maximum absolute atomic E-state index is 13.2. The Labute approximate surface area is 203 Å². The van der Waals surface area contributed by atoms with Crippen LogP contribution in [0.5, 0.6) is 17.2 Å². The number of amides is 1. The van der Waals surface area contributed by atoms with Crippen molar-refractivity contribution in [2.24, 2.45) is 17.3 Å². The number of rotatable bonds is 7. The predicted molar refractivity (Wildman–Crippen MR) is 133 cm³/mol. The second kappa shape index (κ2) is 8.51. The molecule has 34 heavy (non-hydrogen) atoms. The summed E-state index contributed by atoms with van der Waals surface area (Å²) in [6, 6.07) is 10.6. The van der Waals surface area contributed by atoms with Crippen molar-refractivity contribution in [3.8, 4) is 17.2 Å². The largest absolute Gasteiger partial charge is 0.493 e. The van der Waals surface area contributed by atoms with E-state index in [1.54, 1.807) is 33.5 Å². The van der Waals surface area contributed by atoms with Gasteiger partial charge in [0.2, 0.25) is 5.75 Å². The van der Waals surface area contributed by atoms with Gasteiger partial charge in [0.1, 0.15) is 0 Å². The molecule has 5 nitrogen and oxygen atoms in total. The summed E-state index contributed by atoms with van der Waals surface area (Å²) < 4.78 is 16.3. The Balaban J connectivity index is 1.38. The van der Waals surface area contributed by atoms with Gasteiger partial charge in [0.15, 0.2) is 11.5 Å². The molecular formula is C29H37NO4. The van der Waals surface area contributed by atoms with Gasteiger partial charge in [-0.05, 0) is 104 Å². The molecule has 4 aliphatic rings. The molecule has 2 unspecified atom stereocenters. The lowest BCUT2D eigenvalue weighted by Crippen LogP contribution is -2.57. The molecule has 0 heterocycles. The van der Waals surface area contributed by atoms with Crippen LogP contribution in [-0.2, 0) is 5.41 Å². The fraction of sp³-hybridized carbons (Fsp3) is 0.552. The van der Waals surface area contributed by atoms with Crippen LogP contribution in [0.4, 0.5) is 0 Å². The highest BCUT2D eigenvalue weighted by molar-refractivity contribution is 5.95. The third-order valence-electron chi connectivity index (χ3n) is 8.85. The highest BCUT2D eigenvalue weighted by atomic mass is 16.5. The lowest BCUT2D eigenvalue weighted by atomic mass is 9.43. The topological polar surface area (TPSA) is 56.8 Å². The van der Waals surface area contributed by atoms with Gasteiger partial charge in [0.05, 0.1) is 21.3 Å². The average Bonchev–Trinajstić information content (AvgIpc) is 2.82. The highest BCUT2D eigenvalue weighted by Crippen LogP contribution is 2.65. The van der Waals surface area contributed by atoms with Crippen LogP contribution >= 0.6 is 0 Å².